The average molecular weight is 163 g/mol. The summed E-state index contributed by atoms with van der Waals surface area (Å²) in [5.41, 5.74) is 0. The van der Waals surface area contributed by atoms with Gasteiger partial charge in [-0.3, -0.25) is 4.99 Å². The number of unbranched alkanes of at least 4 members (excludes halogenated alkanes) is 4. The van der Waals surface area contributed by atoms with Gasteiger partial charge in [0.25, 0.3) is 0 Å². The first kappa shape index (κ1) is 14.8. The molecule has 12 heavy (non-hydrogen) atoms. The summed E-state index contributed by atoms with van der Waals surface area (Å²) in [5.74, 6) is 0. The zero-order valence-corrected chi connectivity index (χ0v) is 8.97. The molecular formula is C10H22LiN. The third-order valence-electron chi connectivity index (χ3n) is 1.69. The van der Waals surface area contributed by atoms with Gasteiger partial charge in [-0.05, 0) is 19.1 Å². The van der Waals surface area contributed by atoms with Crippen LogP contribution in [0.25, 0.3) is 0 Å². The van der Waals surface area contributed by atoms with Crippen LogP contribution in [0.15, 0.2) is 4.99 Å². The summed E-state index contributed by atoms with van der Waals surface area (Å²) in [6, 6.07) is 0. The second-order valence-electron chi connectivity index (χ2n) is 2.94. The van der Waals surface area contributed by atoms with Crippen molar-refractivity contribution in [1.82, 2.24) is 0 Å². The van der Waals surface area contributed by atoms with E-state index < -0.39 is 0 Å². The van der Waals surface area contributed by atoms with Crippen LogP contribution in [-0.2, 0) is 0 Å². The topological polar surface area (TPSA) is 12.4 Å². The second-order valence-corrected chi connectivity index (χ2v) is 2.94. The fourth-order valence-electron chi connectivity index (χ4n) is 0.942. The minimum absolute atomic E-state index is 0. The van der Waals surface area contributed by atoms with Crippen molar-refractivity contribution in [1.29, 1.82) is 0 Å². The van der Waals surface area contributed by atoms with Crippen molar-refractivity contribution in [3.63, 3.8) is 0 Å². The Balaban J connectivity index is -0.000000500. The molecule has 0 unspecified atom stereocenters. The molecule has 0 fully saturated rings. The van der Waals surface area contributed by atoms with E-state index in [0.29, 0.717) is 0 Å². The molecule has 0 radical (unpaired) electrons. The van der Waals surface area contributed by atoms with Gasteiger partial charge in [-0.1, -0.05) is 39.5 Å². The van der Waals surface area contributed by atoms with E-state index >= 15 is 0 Å². The van der Waals surface area contributed by atoms with E-state index in [1.807, 2.05) is 0 Å². The number of hydrogen-bond acceptors (Lipinski definition) is 1. The Morgan fingerprint density at radius 1 is 1.08 bits per heavy atom. The molecule has 0 bridgehead atoms. The molecule has 0 amide bonds. The minimum atomic E-state index is 0. The molecule has 68 valence electrons. The summed E-state index contributed by atoms with van der Waals surface area (Å²) in [4.78, 5) is 4.31. The van der Waals surface area contributed by atoms with Crippen molar-refractivity contribution in [2.24, 2.45) is 4.99 Å². The van der Waals surface area contributed by atoms with Gasteiger partial charge in [0, 0.05) is 6.54 Å². The first-order valence-electron chi connectivity index (χ1n) is 4.90. The first-order chi connectivity index (χ1) is 5.41. The fourth-order valence-corrected chi connectivity index (χ4v) is 0.942. The fraction of sp³-hybridized carbons (Fsp3) is 0.900. The van der Waals surface area contributed by atoms with Crippen LogP contribution in [0.5, 0.6) is 0 Å². The molecule has 0 heterocycles. The number of aliphatic imine (C=N–C) groups is 1. The predicted molar refractivity (Wildman–Crippen MR) is 53.5 cm³/mol. The van der Waals surface area contributed by atoms with Crippen LogP contribution in [0.2, 0.25) is 0 Å². The summed E-state index contributed by atoms with van der Waals surface area (Å²) in [5, 5.41) is 0. The van der Waals surface area contributed by atoms with Crippen molar-refractivity contribution in [2.45, 2.75) is 52.4 Å². The van der Waals surface area contributed by atoms with Gasteiger partial charge in [0.15, 0.2) is 0 Å². The first-order valence-corrected chi connectivity index (χ1v) is 4.90. The zero-order chi connectivity index (χ0) is 8.36. The maximum Gasteiger partial charge on any atom is 1.00 e. The van der Waals surface area contributed by atoms with E-state index in [-0.39, 0.29) is 20.3 Å². The van der Waals surface area contributed by atoms with E-state index in [1.54, 1.807) is 0 Å². The number of hydrogen-bond donors (Lipinski definition) is 0. The Morgan fingerprint density at radius 3 is 2.42 bits per heavy atom. The van der Waals surface area contributed by atoms with E-state index in [9.17, 15) is 0 Å². The molecule has 0 spiro atoms. The third kappa shape index (κ3) is 12.9. The Hall–Kier alpha value is 0.267. The van der Waals surface area contributed by atoms with Crippen LogP contribution in [0.3, 0.4) is 0 Å². The molecule has 0 N–H and O–H groups in total. The predicted octanol–water partition coefficient (Wildman–Crippen LogP) is 0.554. The molecular weight excluding hydrogens is 141 g/mol. The molecule has 1 nitrogen and oxygen atoms in total. The molecule has 0 aliphatic rings. The van der Waals surface area contributed by atoms with Crippen LogP contribution in [0.1, 0.15) is 53.8 Å². The minimum Gasteiger partial charge on any atom is -1.00 e. The molecule has 0 atom stereocenters. The normalized spacial score (nSPS) is 10.2. The molecule has 0 aliphatic heterocycles. The smallest absolute Gasteiger partial charge is 1.00 e. The Bertz CT molecular complexity index is 96.9. The van der Waals surface area contributed by atoms with E-state index in [0.717, 1.165) is 13.0 Å². The van der Waals surface area contributed by atoms with Gasteiger partial charge in [-0.2, -0.15) is 0 Å². The summed E-state index contributed by atoms with van der Waals surface area (Å²) in [7, 11) is 0. The summed E-state index contributed by atoms with van der Waals surface area (Å²) >= 11 is 0. The molecule has 0 rings (SSSR count). The van der Waals surface area contributed by atoms with E-state index in [2.05, 4.69) is 25.1 Å². The molecule has 0 aromatic carbocycles. The average Bonchev–Trinajstić information content (AvgIpc) is 2.03. The van der Waals surface area contributed by atoms with Crippen molar-refractivity contribution < 1.29 is 20.3 Å². The van der Waals surface area contributed by atoms with E-state index in [4.69, 9.17) is 0 Å². The maximum absolute atomic E-state index is 4.31. The number of rotatable bonds is 7. The van der Waals surface area contributed by atoms with Gasteiger partial charge in [0.1, 0.15) is 0 Å². The van der Waals surface area contributed by atoms with Crippen LogP contribution < -0.4 is 18.9 Å². The van der Waals surface area contributed by atoms with Crippen molar-refractivity contribution in [3.05, 3.63) is 0 Å². The van der Waals surface area contributed by atoms with Crippen molar-refractivity contribution >= 4 is 6.21 Å². The van der Waals surface area contributed by atoms with Crippen molar-refractivity contribution in [2.75, 3.05) is 6.54 Å². The monoisotopic (exact) mass is 163 g/mol. The Labute approximate surface area is 90.7 Å². The zero-order valence-electron chi connectivity index (χ0n) is 9.97. The van der Waals surface area contributed by atoms with Gasteiger partial charge in [0.05, 0.1) is 0 Å². The molecule has 0 aliphatic carbocycles. The van der Waals surface area contributed by atoms with Gasteiger partial charge in [0.2, 0.25) is 0 Å². The summed E-state index contributed by atoms with van der Waals surface area (Å²) in [6.07, 6.45) is 9.73. The molecule has 0 aromatic heterocycles. The van der Waals surface area contributed by atoms with Crippen LogP contribution in [0.4, 0.5) is 0 Å². The molecule has 0 aromatic rings. The summed E-state index contributed by atoms with van der Waals surface area (Å²) < 4.78 is 0. The number of nitrogens with zero attached hydrogens (tertiary/aromatic N) is 1. The Morgan fingerprint density at radius 2 is 1.83 bits per heavy atom. The summed E-state index contributed by atoms with van der Waals surface area (Å²) in [6.45, 7) is 5.46. The van der Waals surface area contributed by atoms with Gasteiger partial charge < -0.3 is 1.43 Å². The van der Waals surface area contributed by atoms with Gasteiger partial charge in [-0.15, -0.1) is 0 Å². The largest absolute Gasteiger partial charge is 1.00 e. The standard InChI is InChI=1S/C10H21N.Li.H/c1-3-5-7-8-10-11-9-6-4-2;;/h9H,3-8,10H2,1-2H3;;/q;+1;-1. The maximum atomic E-state index is 4.31. The molecule has 2 heteroatoms. The molecule has 0 saturated carbocycles. The van der Waals surface area contributed by atoms with Crippen LogP contribution in [0, 0.1) is 0 Å². The van der Waals surface area contributed by atoms with Crippen LogP contribution >= 0.6 is 0 Å². The van der Waals surface area contributed by atoms with Crippen molar-refractivity contribution in [3.8, 4) is 0 Å². The van der Waals surface area contributed by atoms with Crippen LogP contribution in [-0.4, -0.2) is 12.8 Å². The van der Waals surface area contributed by atoms with E-state index in [1.165, 1.54) is 32.1 Å². The quantitative estimate of drug-likeness (QED) is 0.295. The second kappa shape index (κ2) is 13.8. The SMILES string of the molecule is CCCC=NCCCCCC.[H-].[Li+]. The third-order valence-corrected chi connectivity index (χ3v) is 1.69. The van der Waals surface area contributed by atoms with Gasteiger partial charge in [-0.25, -0.2) is 0 Å². The Kier molecular flexibility index (Phi) is 17.0. The molecule has 0 saturated heterocycles. The van der Waals surface area contributed by atoms with Gasteiger partial charge >= 0.3 is 18.9 Å².